The number of hydrogen-bond acceptors (Lipinski definition) is 2. The highest BCUT2D eigenvalue weighted by Gasteiger charge is 2.19. The molecule has 2 nitrogen and oxygen atoms in total. The van der Waals surface area contributed by atoms with Gasteiger partial charge in [0, 0.05) is 22.3 Å². The molecule has 1 atom stereocenters. The van der Waals surface area contributed by atoms with Crippen LogP contribution in [0.15, 0.2) is 24.3 Å². The first-order valence-electron chi connectivity index (χ1n) is 4.44. The van der Waals surface area contributed by atoms with Crippen LogP contribution in [0.25, 0.3) is 0 Å². The molecule has 0 aromatic heterocycles. The first-order valence-corrected chi connectivity index (χ1v) is 5.52. The Kier molecular flexibility index (Phi) is 2.74. The van der Waals surface area contributed by atoms with E-state index >= 15 is 0 Å². The number of benzene rings is 1. The van der Waals surface area contributed by atoms with Crippen molar-refractivity contribution in [3.8, 4) is 0 Å². The summed E-state index contributed by atoms with van der Waals surface area (Å²) in [6.07, 6.45) is 0.755. The quantitative estimate of drug-likeness (QED) is 0.798. The summed E-state index contributed by atoms with van der Waals surface area (Å²) in [5.41, 5.74) is 1.22. The third kappa shape index (κ3) is 2.14. The van der Waals surface area contributed by atoms with Crippen LogP contribution < -0.4 is 4.90 Å². The van der Waals surface area contributed by atoms with E-state index < -0.39 is 0 Å². The average molecular weight is 289 g/mol. The van der Waals surface area contributed by atoms with Crippen molar-refractivity contribution < 1.29 is 5.11 Å². The lowest BCUT2D eigenvalue weighted by molar-refractivity contribution is 0.198. The van der Waals surface area contributed by atoms with Gasteiger partial charge in [0.2, 0.25) is 0 Å². The third-order valence-electron chi connectivity index (χ3n) is 2.36. The fourth-order valence-corrected chi connectivity index (χ4v) is 1.99. The van der Waals surface area contributed by atoms with Crippen molar-refractivity contribution in [2.24, 2.45) is 0 Å². The molecule has 0 amide bonds. The summed E-state index contributed by atoms with van der Waals surface area (Å²) >= 11 is 2.30. The van der Waals surface area contributed by atoms with Crippen molar-refractivity contribution >= 4 is 28.3 Å². The highest BCUT2D eigenvalue weighted by atomic mass is 127. The van der Waals surface area contributed by atoms with Gasteiger partial charge in [-0.1, -0.05) is 0 Å². The molecule has 70 valence electrons. The Morgan fingerprint density at radius 2 is 2.00 bits per heavy atom. The molecule has 1 unspecified atom stereocenters. The minimum atomic E-state index is -0.140. The maximum Gasteiger partial charge on any atom is 0.0731 e. The summed E-state index contributed by atoms with van der Waals surface area (Å²) in [7, 11) is 0. The van der Waals surface area contributed by atoms with Crippen molar-refractivity contribution in [1.29, 1.82) is 0 Å². The molecule has 1 aliphatic heterocycles. The normalized spacial score (nSPS) is 22.3. The summed E-state index contributed by atoms with van der Waals surface area (Å²) < 4.78 is 1.25. The van der Waals surface area contributed by atoms with Crippen LogP contribution in [0, 0.1) is 3.57 Å². The third-order valence-corrected chi connectivity index (χ3v) is 3.07. The van der Waals surface area contributed by atoms with Gasteiger partial charge in [0.15, 0.2) is 0 Å². The zero-order valence-electron chi connectivity index (χ0n) is 7.28. The van der Waals surface area contributed by atoms with Crippen LogP contribution in [0.1, 0.15) is 6.42 Å². The van der Waals surface area contributed by atoms with E-state index in [1.807, 2.05) is 0 Å². The molecule has 0 radical (unpaired) electrons. The number of hydrogen-bond donors (Lipinski definition) is 1. The Morgan fingerprint density at radius 1 is 1.31 bits per heavy atom. The maximum absolute atomic E-state index is 9.37. The van der Waals surface area contributed by atoms with Gasteiger partial charge in [-0.2, -0.15) is 0 Å². The van der Waals surface area contributed by atoms with Crippen LogP contribution in [0.5, 0.6) is 0 Å². The molecule has 2 rings (SSSR count). The predicted octanol–water partition coefficient (Wildman–Crippen LogP) is 1.86. The van der Waals surface area contributed by atoms with Gasteiger partial charge in [-0.15, -0.1) is 0 Å². The molecular weight excluding hydrogens is 277 g/mol. The van der Waals surface area contributed by atoms with Crippen LogP contribution in [-0.2, 0) is 0 Å². The zero-order valence-corrected chi connectivity index (χ0v) is 9.44. The summed E-state index contributed by atoms with van der Waals surface area (Å²) in [6.45, 7) is 1.75. The van der Waals surface area contributed by atoms with E-state index in [4.69, 9.17) is 0 Å². The number of rotatable bonds is 1. The van der Waals surface area contributed by atoms with Gasteiger partial charge in [-0.3, -0.25) is 0 Å². The molecule has 0 aliphatic carbocycles. The van der Waals surface area contributed by atoms with Gasteiger partial charge >= 0.3 is 0 Å². The fourth-order valence-electron chi connectivity index (χ4n) is 1.63. The van der Waals surface area contributed by atoms with Gasteiger partial charge in [-0.05, 0) is 53.3 Å². The van der Waals surface area contributed by atoms with Gasteiger partial charge in [0.1, 0.15) is 0 Å². The number of halogens is 1. The minimum absolute atomic E-state index is 0.140. The first-order chi connectivity index (χ1) is 6.25. The molecule has 1 heterocycles. The second-order valence-electron chi connectivity index (χ2n) is 3.36. The SMILES string of the molecule is OC1CCN(c2ccc(I)cc2)C1. The van der Waals surface area contributed by atoms with Crippen molar-refractivity contribution in [2.45, 2.75) is 12.5 Å². The lowest BCUT2D eigenvalue weighted by Gasteiger charge is -2.17. The topological polar surface area (TPSA) is 23.5 Å². The lowest BCUT2D eigenvalue weighted by Crippen LogP contribution is -2.20. The van der Waals surface area contributed by atoms with E-state index in [2.05, 4.69) is 51.8 Å². The number of β-amino-alcohol motifs (C(OH)–C–C–N with tert-alkyl or cyclic N) is 1. The maximum atomic E-state index is 9.37. The Morgan fingerprint density at radius 3 is 2.54 bits per heavy atom. The molecule has 1 aromatic rings. The highest BCUT2D eigenvalue weighted by Crippen LogP contribution is 2.20. The van der Waals surface area contributed by atoms with Crippen LogP contribution in [0.2, 0.25) is 0 Å². The molecule has 1 saturated heterocycles. The fraction of sp³-hybridized carbons (Fsp3) is 0.400. The number of nitrogens with zero attached hydrogens (tertiary/aromatic N) is 1. The molecule has 0 saturated carbocycles. The summed E-state index contributed by atoms with van der Waals surface area (Å²) in [5, 5.41) is 9.37. The van der Waals surface area contributed by atoms with Crippen molar-refractivity contribution in [3.63, 3.8) is 0 Å². The molecule has 1 fully saturated rings. The second kappa shape index (κ2) is 3.84. The van der Waals surface area contributed by atoms with Crippen LogP contribution >= 0.6 is 22.6 Å². The smallest absolute Gasteiger partial charge is 0.0731 e. The van der Waals surface area contributed by atoms with Crippen LogP contribution in [0.4, 0.5) is 5.69 Å². The molecule has 1 N–H and O–H groups in total. The molecule has 13 heavy (non-hydrogen) atoms. The monoisotopic (exact) mass is 289 g/mol. The van der Waals surface area contributed by atoms with E-state index in [9.17, 15) is 5.11 Å². The largest absolute Gasteiger partial charge is 0.391 e. The standard InChI is InChI=1S/C10H12INO/c11-8-1-3-9(4-2-8)12-6-5-10(13)7-12/h1-4,10,13H,5-7H2. The first kappa shape index (κ1) is 9.27. The molecular formula is C10H12INO. The van der Waals surface area contributed by atoms with E-state index in [0.717, 1.165) is 19.5 Å². The van der Waals surface area contributed by atoms with E-state index in [0.29, 0.717) is 0 Å². The Hall–Kier alpha value is -0.290. The number of aliphatic hydroxyl groups excluding tert-OH is 1. The van der Waals surface area contributed by atoms with Crippen molar-refractivity contribution in [2.75, 3.05) is 18.0 Å². The van der Waals surface area contributed by atoms with Gasteiger partial charge < -0.3 is 10.0 Å². The zero-order chi connectivity index (χ0) is 9.26. The molecule has 3 heteroatoms. The predicted molar refractivity (Wildman–Crippen MR) is 62.0 cm³/mol. The van der Waals surface area contributed by atoms with Crippen LogP contribution in [0.3, 0.4) is 0 Å². The number of anilines is 1. The molecule has 0 bridgehead atoms. The van der Waals surface area contributed by atoms with Crippen LogP contribution in [-0.4, -0.2) is 24.3 Å². The van der Waals surface area contributed by atoms with Gasteiger partial charge in [0.25, 0.3) is 0 Å². The second-order valence-corrected chi connectivity index (χ2v) is 4.61. The molecule has 1 aromatic carbocycles. The Balaban J connectivity index is 2.13. The van der Waals surface area contributed by atoms with E-state index in [-0.39, 0.29) is 6.10 Å². The summed E-state index contributed by atoms with van der Waals surface area (Å²) in [4.78, 5) is 2.22. The van der Waals surface area contributed by atoms with E-state index in [1.165, 1.54) is 9.26 Å². The Bertz CT molecular complexity index is 285. The summed E-state index contributed by atoms with van der Waals surface area (Å²) in [6, 6.07) is 8.42. The van der Waals surface area contributed by atoms with Gasteiger partial charge in [0.05, 0.1) is 6.10 Å². The van der Waals surface area contributed by atoms with Gasteiger partial charge in [-0.25, -0.2) is 0 Å². The number of aliphatic hydroxyl groups is 1. The molecule has 0 spiro atoms. The highest BCUT2D eigenvalue weighted by molar-refractivity contribution is 14.1. The van der Waals surface area contributed by atoms with E-state index in [1.54, 1.807) is 0 Å². The lowest BCUT2D eigenvalue weighted by atomic mass is 10.3. The summed E-state index contributed by atoms with van der Waals surface area (Å²) in [5.74, 6) is 0. The Labute approximate surface area is 91.7 Å². The average Bonchev–Trinajstić information content (AvgIpc) is 2.53. The van der Waals surface area contributed by atoms with Crippen molar-refractivity contribution in [1.82, 2.24) is 0 Å². The minimum Gasteiger partial charge on any atom is -0.391 e. The molecule has 1 aliphatic rings. The van der Waals surface area contributed by atoms with Crippen molar-refractivity contribution in [3.05, 3.63) is 27.8 Å².